The number of benzene rings is 2. The highest BCUT2D eigenvalue weighted by atomic mass is 35.5. The molecule has 0 spiro atoms. The standard InChI is InChI=1S/C19H22ClNO2S/c1-3-18(24-17-11-7-15(20)8-12-17)19(22)21-13-14-5-9-16(10-6-14)23-4-2/h5-12,18H,3-4,13H2,1-2H3,(H,21,22)/t18-/m1/s1. The molecule has 1 N–H and O–H groups in total. The number of thioether (sulfide) groups is 1. The molecular weight excluding hydrogens is 342 g/mol. The SMILES string of the molecule is CCOc1ccc(CNC(=O)[C@@H](CC)Sc2ccc(Cl)cc2)cc1. The first-order valence-corrected chi connectivity index (χ1v) is 9.29. The van der Waals surface area contributed by atoms with Gasteiger partial charge in [-0.3, -0.25) is 4.79 Å². The van der Waals surface area contributed by atoms with Gasteiger partial charge < -0.3 is 10.1 Å². The minimum atomic E-state index is -0.117. The van der Waals surface area contributed by atoms with E-state index in [1.54, 1.807) is 11.8 Å². The van der Waals surface area contributed by atoms with Gasteiger partial charge in [-0.25, -0.2) is 0 Å². The minimum absolute atomic E-state index is 0.0475. The highest BCUT2D eigenvalue weighted by molar-refractivity contribution is 8.00. The minimum Gasteiger partial charge on any atom is -0.494 e. The Balaban J connectivity index is 1.88. The molecule has 3 nitrogen and oxygen atoms in total. The van der Waals surface area contributed by atoms with E-state index in [0.29, 0.717) is 18.2 Å². The fourth-order valence-corrected chi connectivity index (χ4v) is 3.28. The van der Waals surface area contributed by atoms with Crippen molar-refractivity contribution < 1.29 is 9.53 Å². The van der Waals surface area contributed by atoms with Crippen molar-refractivity contribution in [2.45, 2.75) is 37.0 Å². The van der Waals surface area contributed by atoms with E-state index in [0.717, 1.165) is 22.6 Å². The van der Waals surface area contributed by atoms with Crippen molar-refractivity contribution >= 4 is 29.3 Å². The average molecular weight is 364 g/mol. The predicted octanol–water partition coefficient (Wildman–Crippen LogP) is 4.93. The summed E-state index contributed by atoms with van der Waals surface area (Å²) in [6.45, 7) is 5.14. The molecule has 0 saturated heterocycles. The quantitative estimate of drug-likeness (QED) is 0.676. The smallest absolute Gasteiger partial charge is 0.233 e. The number of nitrogens with one attached hydrogen (secondary N) is 1. The molecule has 0 bridgehead atoms. The summed E-state index contributed by atoms with van der Waals surface area (Å²) in [6, 6.07) is 15.3. The number of amides is 1. The molecule has 0 aliphatic heterocycles. The van der Waals surface area contributed by atoms with E-state index in [2.05, 4.69) is 5.32 Å². The number of rotatable bonds is 8. The van der Waals surface area contributed by atoms with E-state index in [1.807, 2.05) is 62.4 Å². The lowest BCUT2D eigenvalue weighted by atomic mass is 10.2. The third kappa shape index (κ3) is 5.77. The molecule has 2 aromatic rings. The number of halogens is 1. The van der Waals surface area contributed by atoms with Crippen LogP contribution < -0.4 is 10.1 Å². The van der Waals surface area contributed by atoms with Gasteiger partial charge in [0.05, 0.1) is 11.9 Å². The first-order valence-electron chi connectivity index (χ1n) is 8.04. The van der Waals surface area contributed by atoms with E-state index in [1.165, 1.54) is 0 Å². The molecule has 1 amide bonds. The van der Waals surface area contributed by atoms with E-state index in [4.69, 9.17) is 16.3 Å². The lowest BCUT2D eigenvalue weighted by Gasteiger charge is -2.15. The zero-order valence-electron chi connectivity index (χ0n) is 13.9. The number of carbonyl (C=O) groups is 1. The molecule has 1 atom stereocenters. The maximum Gasteiger partial charge on any atom is 0.233 e. The van der Waals surface area contributed by atoms with E-state index >= 15 is 0 Å². The molecule has 2 aromatic carbocycles. The summed E-state index contributed by atoms with van der Waals surface area (Å²) >= 11 is 7.45. The van der Waals surface area contributed by atoms with Crippen molar-refractivity contribution in [3.8, 4) is 5.75 Å². The van der Waals surface area contributed by atoms with Crippen LogP contribution >= 0.6 is 23.4 Å². The third-order valence-electron chi connectivity index (χ3n) is 3.46. The largest absolute Gasteiger partial charge is 0.494 e. The van der Waals surface area contributed by atoms with Crippen LogP contribution in [0.4, 0.5) is 0 Å². The van der Waals surface area contributed by atoms with Crippen molar-refractivity contribution in [1.82, 2.24) is 5.32 Å². The monoisotopic (exact) mass is 363 g/mol. The Morgan fingerprint density at radius 2 is 1.79 bits per heavy atom. The molecule has 5 heteroatoms. The zero-order chi connectivity index (χ0) is 17.4. The third-order valence-corrected chi connectivity index (χ3v) is 5.08. The van der Waals surface area contributed by atoms with Gasteiger partial charge >= 0.3 is 0 Å². The first-order chi connectivity index (χ1) is 11.6. The second-order valence-corrected chi connectivity index (χ2v) is 6.98. The average Bonchev–Trinajstić information content (AvgIpc) is 2.60. The summed E-state index contributed by atoms with van der Waals surface area (Å²) in [5, 5.41) is 3.59. The lowest BCUT2D eigenvalue weighted by Crippen LogP contribution is -2.31. The Morgan fingerprint density at radius 3 is 2.38 bits per heavy atom. The maximum atomic E-state index is 12.4. The molecular formula is C19H22ClNO2S. The summed E-state index contributed by atoms with van der Waals surface area (Å²) in [4.78, 5) is 13.4. The Kier molecular flexibility index (Phi) is 7.47. The zero-order valence-corrected chi connectivity index (χ0v) is 15.5. The highest BCUT2D eigenvalue weighted by Crippen LogP contribution is 2.26. The van der Waals surface area contributed by atoms with Crippen LogP contribution in [-0.2, 0) is 11.3 Å². The molecule has 0 saturated carbocycles. The van der Waals surface area contributed by atoms with Gasteiger partial charge in [0.2, 0.25) is 5.91 Å². The second kappa shape index (κ2) is 9.60. The van der Waals surface area contributed by atoms with Gasteiger partial charge in [-0.1, -0.05) is 30.7 Å². The Hall–Kier alpha value is -1.65. The second-order valence-electron chi connectivity index (χ2n) is 5.26. The van der Waals surface area contributed by atoms with Gasteiger partial charge in [-0.15, -0.1) is 11.8 Å². The van der Waals surface area contributed by atoms with Crippen molar-refractivity contribution in [3.63, 3.8) is 0 Å². The number of hydrogen-bond acceptors (Lipinski definition) is 3. The van der Waals surface area contributed by atoms with Gasteiger partial charge in [-0.2, -0.15) is 0 Å². The Morgan fingerprint density at radius 1 is 1.12 bits per heavy atom. The van der Waals surface area contributed by atoms with E-state index < -0.39 is 0 Å². The van der Waals surface area contributed by atoms with Crippen molar-refractivity contribution in [2.24, 2.45) is 0 Å². The van der Waals surface area contributed by atoms with Crippen LogP contribution in [0.3, 0.4) is 0 Å². The molecule has 0 aliphatic carbocycles. The molecule has 2 rings (SSSR count). The van der Waals surface area contributed by atoms with Gasteiger partial charge in [0, 0.05) is 16.5 Å². The highest BCUT2D eigenvalue weighted by Gasteiger charge is 2.17. The van der Waals surface area contributed by atoms with E-state index in [9.17, 15) is 4.79 Å². The normalized spacial score (nSPS) is 11.8. The van der Waals surface area contributed by atoms with Crippen molar-refractivity contribution in [3.05, 3.63) is 59.1 Å². The summed E-state index contributed by atoms with van der Waals surface area (Å²) < 4.78 is 5.42. The van der Waals surface area contributed by atoms with Gasteiger partial charge in [0.15, 0.2) is 0 Å². The van der Waals surface area contributed by atoms with Gasteiger partial charge in [-0.05, 0) is 55.3 Å². The van der Waals surface area contributed by atoms with Crippen LogP contribution in [0.15, 0.2) is 53.4 Å². The molecule has 0 unspecified atom stereocenters. The van der Waals surface area contributed by atoms with Crippen molar-refractivity contribution in [1.29, 1.82) is 0 Å². The number of ether oxygens (including phenoxy) is 1. The van der Waals surface area contributed by atoms with Crippen LogP contribution in [0, 0.1) is 0 Å². The Bertz CT molecular complexity index is 643. The molecule has 0 fully saturated rings. The van der Waals surface area contributed by atoms with Crippen LogP contribution in [0.5, 0.6) is 5.75 Å². The van der Waals surface area contributed by atoms with Gasteiger partial charge in [0.1, 0.15) is 5.75 Å². The van der Waals surface area contributed by atoms with Crippen LogP contribution in [-0.4, -0.2) is 17.8 Å². The predicted molar refractivity (Wildman–Crippen MR) is 101 cm³/mol. The Labute approximate surface area is 152 Å². The summed E-state index contributed by atoms with van der Waals surface area (Å²) in [5.41, 5.74) is 1.05. The molecule has 0 aromatic heterocycles. The summed E-state index contributed by atoms with van der Waals surface area (Å²) in [5.74, 6) is 0.892. The first kappa shape index (κ1) is 18.7. The fourth-order valence-electron chi connectivity index (χ4n) is 2.17. The van der Waals surface area contributed by atoms with Gasteiger partial charge in [0.25, 0.3) is 0 Å². The maximum absolute atomic E-state index is 12.4. The molecule has 0 aliphatic rings. The van der Waals surface area contributed by atoms with Crippen molar-refractivity contribution in [2.75, 3.05) is 6.61 Å². The van der Waals surface area contributed by atoms with Crippen LogP contribution in [0.25, 0.3) is 0 Å². The number of carbonyl (C=O) groups excluding carboxylic acids is 1. The summed E-state index contributed by atoms with van der Waals surface area (Å²) in [6.07, 6.45) is 0.766. The molecule has 0 radical (unpaired) electrons. The van der Waals surface area contributed by atoms with E-state index in [-0.39, 0.29) is 11.2 Å². The van der Waals surface area contributed by atoms with Crippen LogP contribution in [0.2, 0.25) is 5.02 Å². The van der Waals surface area contributed by atoms with Crippen LogP contribution in [0.1, 0.15) is 25.8 Å². The lowest BCUT2D eigenvalue weighted by molar-refractivity contribution is -0.120. The molecule has 128 valence electrons. The molecule has 0 heterocycles. The molecule has 24 heavy (non-hydrogen) atoms. The fraction of sp³-hybridized carbons (Fsp3) is 0.316. The number of hydrogen-bond donors (Lipinski definition) is 1. The topological polar surface area (TPSA) is 38.3 Å². The summed E-state index contributed by atoms with van der Waals surface area (Å²) in [7, 11) is 0.